The molecule has 6 heteroatoms. The highest BCUT2D eigenvalue weighted by molar-refractivity contribution is 5.97. The van der Waals surface area contributed by atoms with Crippen LogP contribution in [-0.4, -0.2) is 40.0 Å². The fourth-order valence-electron chi connectivity index (χ4n) is 2.79. The van der Waals surface area contributed by atoms with E-state index in [4.69, 9.17) is 4.74 Å². The number of carbonyl (C=O) groups excluding carboxylic acids is 1. The summed E-state index contributed by atoms with van der Waals surface area (Å²) in [6.45, 7) is 5.90. The third-order valence-electron chi connectivity index (χ3n) is 4.04. The van der Waals surface area contributed by atoms with Gasteiger partial charge in [-0.3, -0.25) is 4.79 Å². The molecule has 0 aliphatic carbocycles. The van der Waals surface area contributed by atoms with Gasteiger partial charge in [0, 0.05) is 32.2 Å². The van der Waals surface area contributed by atoms with E-state index in [0.29, 0.717) is 25.3 Å². The third kappa shape index (κ3) is 4.03. The molecule has 0 aliphatic rings. The van der Waals surface area contributed by atoms with Crippen LogP contribution in [0, 0.1) is 6.92 Å². The number of hydrogen-bond acceptors (Lipinski definition) is 3. The Kier molecular flexibility index (Phi) is 5.86. The minimum atomic E-state index is -0.135. The highest BCUT2D eigenvalue weighted by Crippen LogP contribution is 2.20. The Morgan fingerprint density at radius 3 is 2.77 bits per heavy atom. The number of aryl methyl sites for hydroxylation is 1. The minimum absolute atomic E-state index is 0.135. The molecule has 0 radical (unpaired) electrons. The van der Waals surface area contributed by atoms with Crippen molar-refractivity contribution in [1.82, 2.24) is 19.7 Å². The van der Waals surface area contributed by atoms with E-state index in [0.717, 1.165) is 23.5 Å². The summed E-state index contributed by atoms with van der Waals surface area (Å²) in [6, 6.07) is 11.9. The van der Waals surface area contributed by atoms with Gasteiger partial charge in [-0.15, -0.1) is 0 Å². The normalized spacial score (nSPS) is 10.8. The first kappa shape index (κ1) is 17.9. The smallest absolute Gasteiger partial charge is 0.256 e. The number of rotatable bonds is 8. The minimum Gasteiger partial charge on any atom is -0.382 e. The number of amides is 1. The Balaban J connectivity index is 1.88. The fourth-order valence-corrected chi connectivity index (χ4v) is 2.79. The van der Waals surface area contributed by atoms with E-state index in [9.17, 15) is 4.79 Å². The number of benzene rings is 1. The molecule has 0 saturated carbocycles. The number of hydrogen-bond donors (Lipinski definition) is 1. The first-order valence-corrected chi connectivity index (χ1v) is 8.85. The number of ether oxygens (including phenoxy) is 1. The second kappa shape index (κ2) is 8.49. The maximum atomic E-state index is 12.7. The summed E-state index contributed by atoms with van der Waals surface area (Å²) in [7, 11) is 0. The molecule has 1 N–H and O–H groups in total. The van der Waals surface area contributed by atoms with Gasteiger partial charge >= 0.3 is 0 Å². The molecule has 0 bridgehead atoms. The molecule has 0 atom stereocenters. The third-order valence-corrected chi connectivity index (χ3v) is 4.04. The molecule has 1 amide bonds. The molecular formula is C20H24N4O2. The zero-order chi connectivity index (χ0) is 18.4. The average molecular weight is 352 g/mol. The van der Waals surface area contributed by atoms with Crippen molar-refractivity contribution in [3.63, 3.8) is 0 Å². The van der Waals surface area contributed by atoms with Crippen molar-refractivity contribution in [3.05, 3.63) is 66.1 Å². The van der Waals surface area contributed by atoms with Gasteiger partial charge < -0.3 is 14.6 Å². The first-order valence-electron chi connectivity index (χ1n) is 8.85. The number of nitrogens with zero attached hydrogens (tertiary/aromatic N) is 3. The predicted octanol–water partition coefficient (Wildman–Crippen LogP) is 3.13. The van der Waals surface area contributed by atoms with Crippen molar-refractivity contribution < 1.29 is 9.53 Å². The van der Waals surface area contributed by atoms with Gasteiger partial charge in [0.05, 0.1) is 11.9 Å². The van der Waals surface area contributed by atoms with Crippen molar-refractivity contribution in [2.75, 3.05) is 19.8 Å². The molecule has 0 spiro atoms. The molecule has 3 aromatic rings. The number of carbonyl (C=O) groups is 1. The molecule has 0 saturated heterocycles. The van der Waals surface area contributed by atoms with Gasteiger partial charge in [-0.05, 0) is 50.1 Å². The average Bonchev–Trinajstić information content (AvgIpc) is 3.30. The molecular weight excluding hydrogens is 328 g/mol. The highest BCUT2D eigenvalue weighted by atomic mass is 16.5. The fraction of sp³-hybridized carbons (Fsp3) is 0.300. The van der Waals surface area contributed by atoms with Crippen LogP contribution in [0.3, 0.4) is 0 Å². The van der Waals surface area contributed by atoms with E-state index in [1.807, 2.05) is 67.2 Å². The van der Waals surface area contributed by atoms with Gasteiger partial charge in [0.25, 0.3) is 5.91 Å². The summed E-state index contributed by atoms with van der Waals surface area (Å²) in [5, 5.41) is 7.42. The van der Waals surface area contributed by atoms with Crippen LogP contribution in [0.25, 0.3) is 11.5 Å². The maximum Gasteiger partial charge on any atom is 0.256 e. The van der Waals surface area contributed by atoms with Crippen molar-refractivity contribution in [2.24, 2.45) is 0 Å². The van der Waals surface area contributed by atoms with Crippen LogP contribution in [0.15, 0.2) is 55.0 Å². The monoisotopic (exact) mass is 352 g/mol. The van der Waals surface area contributed by atoms with Crippen molar-refractivity contribution in [1.29, 1.82) is 0 Å². The highest BCUT2D eigenvalue weighted by Gasteiger charge is 2.19. The molecule has 26 heavy (non-hydrogen) atoms. The Bertz CT molecular complexity index is 853. The molecule has 136 valence electrons. The van der Waals surface area contributed by atoms with Crippen LogP contribution in [0.5, 0.6) is 0 Å². The summed E-state index contributed by atoms with van der Waals surface area (Å²) in [4.78, 5) is 12.7. The quantitative estimate of drug-likeness (QED) is 0.634. The number of nitrogens with one attached hydrogen (secondary N) is 1. The lowest BCUT2D eigenvalue weighted by atomic mass is 10.2. The van der Waals surface area contributed by atoms with E-state index < -0.39 is 0 Å². The summed E-state index contributed by atoms with van der Waals surface area (Å²) in [6.07, 6.45) is 6.23. The van der Waals surface area contributed by atoms with Gasteiger partial charge in [0.2, 0.25) is 0 Å². The summed E-state index contributed by atoms with van der Waals surface area (Å²) in [5.41, 5.74) is 2.60. The topological polar surface area (TPSA) is 61.1 Å². The van der Waals surface area contributed by atoms with Gasteiger partial charge in [0.15, 0.2) is 5.82 Å². The van der Waals surface area contributed by atoms with Gasteiger partial charge in [0.1, 0.15) is 5.56 Å². The van der Waals surface area contributed by atoms with E-state index in [1.54, 1.807) is 10.9 Å². The van der Waals surface area contributed by atoms with E-state index in [1.165, 1.54) is 0 Å². The van der Waals surface area contributed by atoms with Crippen LogP contribution in [0.2, 0.25) is 0 Å². The van der Waals surface area contributed by atoms with Crippen LogP contribution in [-0.2, 0) is 4.74 Å². The van der Waals surface area contributed by atoms with Gasteiger partial charge in [-0.25, -0.2) is 4.68 Å². The standard InChI is InChI=1S/C20H24N4O2/c1-3-26-13-7-10-21-19(25)18-15-22-24(17-9-6-8-16(2)14-17)20(18)23-11-4-5-12-23/h4-6,8-9,11-12,14-15H,3,7,10,13H2,1-2H3,(H,21,25). The van der Waals surface area contributed by atoms with E-state index >= 15 is 0 Å². The Hall–Kier alpha value is -2.86. The molecule has 1 aromatic carbocycles. The zero-order valence-electron chi connectivity index (χ0n) is 15.2. The molecule has 2 aromatic heterocycles. The molecule has 2 heterocycles. The second-order valence-electron chi connectivity index (χ2n) is 6.03. The van der Waals surface area contributed by atoms with Crippen molar-refractivity contribution >= 4 is 5.91 Å². The number of aromatic nitrogens is 3. The predicted molar refractivity (Wildman–Crippen MR) is 101 cm³/mol. The van der Waals surface area contributed by atoms with Crippen molar-refractivity contribution in [3.8, 4) is 11.5 Å². The van der Waals surface area contributed by atoms with Crippen LogP contribution >= 0.6 is 0 Å². The maximum absolute atomic E-state index is 12.7. The molecule has 3 rings (SSSR count). The largest absolute Gasteiger partial charge is 0.382 e. The molecule has 0 aliphatic heterocycles. The molecule has 6 nitrogen and oxygen atoms in total. The zero-order valence-corrected chi connectivity index (χ0v) is 15.2. The molecule has 0 fully saturated rings. The van der Waals surface area contributed by atoms with Gasteiger partial charge in [-0.2, -0.15) is 5.10 Å². The van der Waals surface area contributed by atoms with E-state index in [2.05, 4.69) is 10.4 Å². The Morgan fingerprint density at radius 1 is 1.23 bits per heavy atom. The van der Waals surface area contributed by atoms with Crippen LogP contribution < -0.4 is 5.32 Å². The van der Waals surface area contributed by atoms with E-state index in [-0.39, 0.29) is 5.91 Å². The molecule has 0 unspecified atom stereocenters. The first-order chi connectivity index (χ1) is 12.7. The Morgan fingerprint density at radius 2 is 2.04 bits per heavy atom. The summed E-state index contributed by atoms with van der Waals surface area (Å²) in [5.74, 6) is 0.590. The lowest BCUT2D eigenvalue weighted by Gasteiger charge is -2.11. The SMILES string of the molecule is CCOCCCNC(=O)c1cnn(-c2cccc(C)c2)c1-n1cccc1. The van der Waals surface area contributed by atoms with Crippen molar-refractivity contribution in [2.45, 2.75) is 20.3 Å². The lowest BCUT2D eigenvalue weighted by molar-refractivity contribution is 0.0944. The Labute approximate surface area is 153 Å². The summed E-state index contributed by atoms with van der Waals surface area (Å²) >= 11 is 0. The van der Waals surface area contributed by atoms with Crippen LogP contribution in [0.1, 0.15) is 29.3 Å². The lowest BCUT2D eigenvalue weighted by Crippen LogP contribution is -2.26. The van der Waals surface area contributed by atoms with Gasteiger partial charge in [-0.1, -0.05) is 12.1 Å². The van der Waals surface area contributed by atoms with Crippen LogP contribution in [0.4, 0.5) is 0 Å². The second-order valence-corrected chi connectivity index (χ2v) is 6.03. The summed E-state index contributed by atoms with van der Waals surface area (Å²) < 4.78 is 9.01.